The van der Waals surface area contributed by atoms with Crippen molar-refractivity contribution in [3.05, 3.63) is 23.3 Å². The third-order valence-corrected chi connectivity index (χ3v) is 4.60. The normalized spacial score (nSPS) is 33.0. The summed E-state index contributed by atoms with van der Waals surface area (Å²) in [6.45, 7) is 4.04. The van der Waals surface area contributed by atoms with E-state index in [1.54, 1.807) is 0 Å². The molecule has 92 valence electrons. The highest BCUT2D eigenvalue weighted by molar-refractivity contribution is 5.21. The van der Waals surface area contributed by atoms with Gasteiger partial charge in [0.05, 0.1) is 0 Å². The van der Waals surface area contributed by atoms with Crippen molar-refractivity contribution in [1.82, 2.24) is 9.97 Å². The van der Waals surface area contributed by atoms with E-state index in [1.807, 2.05) is 13.1 Å². The van der Waals surface area contributed by atoms with E-state index in [0.29, 0.717) is 5.92 Å². The van der Waals surface area contributed by atoms with E-state index in [2.05, 4.69) is 11.9 Å². The molecule has 2 saturated carbocycles. The molecule has 3 heteroatoms. The van der Waals surface area contributed by atoms with Gasteiger partial charge in [0.25, 0.3) is 0 Å². The summed E-state index contributed by atoms with van der Waals surface area (Å²) in [6.07, 6.45) is 7.46. The second-order valence-corrected chi connectivity index (χ2v) is 5.84. The van der Waals surface area contributed by atoms with E-state index >= 15 is 0 Å². The molecular formula is C14H21N3. The van der Waals surface area contributed by atoms with Crippen LogP contribution >= 0.6 is 0 Å². The first-order valence-electron chi connectivity index (χ1n) is 6.74. The highest BCUT2D eigenvalue weighted by atomic mass is 14.9. The first-order valence-corrected chi connectivity index (χ1v) is 6.74. The number of fused-ring (bicyclic) bond motifs is 2. The molecule has 2 fully saturated rings. The fourth-order valence-corrected chi connectivity index (χ4v) is 3.68. The van der Waals surface area contributed by atoms with Gasteiger partial charge in [0.2, 0.25) is 0 Å². The van der Waals surface area contributed by atoms with Gasteiger partial charge in [-0.3, -0.25) is 0 Å². The Morgan fingerprint density at radius 2 is 2.18 bits per heavy atom. The van der Waals surface area contributed by atoms with Gasteiger partial charge in [-0.15, -0.1) is 0 Å². The standard InChI is InChI=1S/C14H21N3/c1-8(15)13-7-16-14(17-9(13)2)12-6-10-3-4-11(12)5-10/h7-8,10-12H,3-6,15H2,1-2H3. The molecule has 1 aromatic rings. The van der Waals surface area contributed by atoms with Crippen LogP contribution in [0.2, 0.25) is 0 Å². The van der Waals surface area contributed by atoms with E-state index in [-0.39, 0.29) is 6.04 Å². The Labute approximate surface area is 103 Å². The molecule has 0 amide bonds. The summed E-state index contributed by atoms with van der Waals surface area (Å²) < 4.78 is 0. The zero-order valence-corrected chi connectivity index (χ0v) is 10.7. The van der Waals surface area contributed by atoms with E-state index in [4.69, 9.17) is 10.7 Å². The molecule has 1 aromatic heterocycles. The summed E-state index contributed by atoms with van der Waals surface area (Å²) in [5.74, 6) is 3.48. The van der Waals surface area contributed by atoms with Crippen LogP contribution in [0.15, 0.2) is 6.20 Å². The van der Waals surface area contributed by atoms with Crippen LogP contribution in [0.3, 0.4) is 0 Å². The zero-order valence-electron chi connectivity index (χ0n) is 10.7. The van der Waals surface area contributed by atoms with Gasteiger partial charge in [-0.25, -0.2) is 9.97 Å². The maximum absolute atomic E-state index is 5.90. The lowest BCUT2D eigenvalue weighted by Crippen LogP contribution is -2.15. The predicted octanol–water partition coefficient (Wildman–Crippen LogP) is 2.71. The number of hydrogen-bond acceptors (Lipinski definition) is 3. The molecule has 2 aliphatic carbocycles. The molecule has 0 aromatic carbocycles. The summed E-state index contributed by atoms with van der Waals surface area (Å²) in [4.78, 5) is 9.27. The molecule has 0 radical (unpaired) electrons. The van der Waals surface area contributed by atoms with Crippen molar-refractivity contribution in [2.45, 2.75) is 51.5 Å². The van der Waals surface area contributed by atoms with Crippen molar-refractivity contribution >= 4 is 0 Å². The average Bonchev–Trinajstić information content (AvgIpc) is 2.89. The van der Waals surface area contributed by atoms with Crippen molar-refractivity contribution in [1.29, 1.82) is 0 Å². The van der Waals surface area contributed by atoms with Crippen LogP contribution < -0.4 is 5.73 Å². The largest absolute Gasteiger partial charge is 0.324 e. The highest BCUT2D eigenvalue weighted by Crippen LogP contribution is 2.52. The Morgan fingerprint density at radius 3 is 2.71 bits per heavy atom. The molecule has 4 atom stereocenters. The molecule has 3 rings (SSSR count). The van der Waals surface area contributed by atoms with E-state index in [1.165, 1.54) is 25.7 Å². The van der Waals surface area contributed by atoms with Crippen LogP contribution in [0.1, 0.15) is 61.6 Å². The van der Waals surface area contributed by atoms with Crippen molar-refractivity contribution in [2.75, 3.05) is 0 Å². The summed E-state index contributed by atoms with van der Waals surface area (Å²) >= 11 is 0. The van der Waals surface area contributed by atoms with Gasteiger partial charge in [0.1, 0.15) is 5.82 Å². The van der Waals surface area contributed by atoms with Crippen LogP contribution in [-0.2, 0) is 0 Å². The second-order valence-electron chi connectivity index (χ2n) is 5.84. The number of nitrogens with two attached hydrogens (primary N) is 1. The summed E-state index contributed by atoms with van der Waals surface area (Å²) in [7, 11) is 0. The SMILES string of the molecule is Cc1nc(C2CC3CCC2C3)ncc1C(C)N. The highest BCUT2D eigenvalue weighted by Gasteiger charge is 2.41. The average molecular weight is 231 g/mol. The molecule has 1 heterocycles. The first kappa shape index (κ1) is 11.1. The Morgan fingerprint density at radius 1 is 1.35 bits per heavy atom. The minimum absolute atomic E-state index is 0.0316. The smallest absolute Gasteiger partial charge is 0.131 e. The van der Waals surface area contributed by atoms with Gasteiger partial charge in [0.15, 0.2) is 0 Å². The monoisotopic (exact) mass is 231 g/mol. The Kier molecular flexibility index (Phi) is 2.66. The lowest BCUT2D eigenvalue weighted by atomic mass is 9.88. The number of hydrogen-bond donors (Lipinski definition) is 1. The van der Waals surface area contributed by atoms with Crippen molar-refractivity contribution < 1.29 is 0 Å². The van der Waals surface area contributed by atoms with Crippen LogP contribution in [0.4, 0.5) is 0 Å². The van der Waals surface area contributed by atoms with Crippen molar-refractivity contribution in [2.24, 2.45) is 17.6 Å². The molecule has 4 unspecified atom stereocenters. The second kappa shape index (κ2) is 4.05. The fourth-order valence-electron chi connectivity index (χ4n) is 3.68. The molecule has 2 aliphatic rings. The molecular weight excluding hydrogens is 210 g/mol. The van der Waals surface area contributed by atoms with Gasteiger partial charge >= 0.3 is 0 Å². The van der Waals surface area contributed by atoms with Gasteiger partial charge < -0.3 is 5.73 Å². The van der Waals surface area contributed by atoms with E-state index < -0.39 is 0 Å². The third kappa shape index (κ3) is 1.86. The molecule has 0 saturated heterocycles. The maximum atomic E-state index is 5.90. The van der Waals surface area contributed by atoms with Crippen LogP contribution in [0, 0.1) is 18.8 Å². The molecule has 2 bridgehead atoms. The first-order chi connectivity index (χ1) is 8.15. The van der Waals surface area contributed by atoms with Gasteiger partial charge in [-0.1, -0.05) is 6.42 Å². The minimum atomic E-state index is 0.0316. The number of nitrogens with zero attached hydrogens (tertiary/aromatic N) is 2. The Balaban J connectivity index is 1.87. The number of rotatable bonds is 2. The summed E-state index contributed by atoms with van der Waals surface area (Å²) in [5, 5.41) is 0. The molecule has 17 heavy (non-hydrogen) atoms. The van der Waals surface area contributed by atoms with Gasteiger partial charge in [-0.2, -0.15) is 0 Å². The van der Waals surface area contributed by atoms with Crippen LogP contribution in [0.5, 0.6) is 0 Å². The molecule has 0 spiro atoms. The van der Waals surface area contributed by atoms with Gasteiger partial charge in [0, 0.05) is 29.4 Å². The lowest BCUT2D eigenvalue weighted by molar-refractivity contribution is 0.404. The van der Waals surface area contributed by atoms with Crippen molar-refractivity contribution in [3.63, 3.8) is 0 Å². The quantitative estimate of drug-likeness (QED) is 0.851. The van der Waals surface area contributed by atoms with E-state index in [9.17, 15) is 0 Å². The van der Waals surface area contributed by atoms with Crippen LogP contribution in [0.25, 0.3) is 0 Å². The van der Waals surface area contributed by atoms with Gasteiger partial charge in [-0.05, 0) is 44.9 Å². The molecule has 2 N–H and O–H groups in total. The van der Waals surface area contributed by atoms with Crippen molar-refractivity contribution in [3.8, 4) is 0 Å². The minimum Gasteiger partial charge on any atom is -0.324 e. The summed E-state index contributed by atoms with van der Waals surface area (Å²) in [6, 6.07) is 0.0316. The number of aromatic nitrogens is 2. The van der Waals surface area contributed by atoms with E-state index in [0.717, 1.165) is 28.9 Å². The lowest BCUT2D eigenvalue weighted by Gasteiger charge is -2.21. The predicted molar refractivity (Wildman–Crippen MR) is 67.6 cm³/mol. The summed E-state index contributed by atoms with van der Waals surface area (Å²) in [5.41, 5.74) is 8.04. The van der Waals surface area contributed by atoms with Crippen LogP contribution in [-0.4, -0.2) is 9.97 Å². The molecule has 0 aliphatic heterocycles. The maximum Gasteiger partial charge on any atom is 0.131 e. The fraction of sp³-hybridized carbons (Fsp3) is 0.714. The zero-order chi connectivity index (χ0) is 12.0. The Hall–Kier alpha value is -0.960. The number of aryl methyl sites for hydroxylation is 1. The Bertz CT molecular complexity index is 427. The third-order valence-electron chi connectivity index (χ3n) is 4.60. The molecule has 3 nitrogen and oxygen atoms in total. The topological polar surface area (TPSA) is 51.8 Å².